The fourth-order valence-corrected chi connectivity index (χ4v) is 4.76. The van der Waals surface area contributed by atoms with Gasteiger partial charge in [-0.3, -0.25) is 9.69 Å². The highest BCUT2D eigenvalue weighted by Gasteiger charge is 2.29. The first-order valence-electron chi connectivity index (χ1n) is 12.0. The van der Waals surface area contributed by atoms with Crippen molar-refractivity contribution in [3.63, 3.8) is 0 Å². The molecule has 0 bridgehead atoms. The molecule has 0 spiro atoms. The Hall–Kier alpha value is -3.50. The first-order valence-corrected chi connectivity index (χ1v) is 12.0. The number of benzene rings is 1. The predicted octanol–water partition coefficient (Wildman–Crippen LogP) is 3.30. The third-order valence-electron chi connectivity index (χ3n) is 6.53. The second kappa shape index (κ2) is 10.4. The summed E-state index contributed by atoms with van der Waals surface area (Å²) in [4.78, 5) is 18.3. The maximum atomic E-state index is 13.0. The Morgan fingerprint density at radius 1 is 1.31 bits per heavy atom. The number of methoxy groups -OCH3 is 1. The molecule has 0 unspecified atom stereocenters. The molecule has 5 rings (SSSR count). The van der Waals surface area contributed by atoms with Crippen LogP contribution < -0.4 is 10.3 Å². The summed E-state index contributed by atoms with van der Waals surface area (Å²) in [5.74, 6) is 2.26. The van der Waals surface area contributed by atoms with Crippen molar-refractivity contribution in [2.75, 3.05) is 20.3 Å². The highest BCUT2D eigenvalue weighted by atomic mass is 16.5. The molecule has 0 amide bonds. The van der Waals surface area contributed by atoms with Crippen LogP contribution >= 0.6 is 0 Å². The summed E-state index contributed by atoms with van der Waals surface area (Å²) in [5.41, 5.74) is 1.34. The molecule has 1 aromatic carbocycles. The Kier molecular flexibility index (Phi) is 6.91. The number of hydrogen-bond donors (Lipinski definition) is 1. The number of ether oxygens (including phenoxy) is 2. The van der Waals surface area contributed by atoms with E-state index in [0.717, 1.165) is 54.1 Å². The summed E-state index contributed by atoms with van der Waals surface area (Å²) in [5, 5.41) is 13.5. The molecule has 0 saturated carbocycles. The molecule has 1 aliphatic heterocycles. The van der Waals surface area contributed by atoms with E-state index in [4.69, 9.17) is 13.9 Å². The summed E-state index contributed by atoms with van der Waals surface area (Å²) in [6.45, 7) is 4.43. The van der Waals surface area contributed by atoms with Crippen molar-refractivity contribution in [2.24, 2.45) is 0 Å². The van der Waals surface area contributed by atoms with E-state index in [1.807, 2.05) is 36.4 Å². The summed E-state index contributed by atoms with van der Waals surface area (Å²) in [6.07, 6.45) is 4.56. The minimum atomic E-state index is -0.107. The van der Waals surface area contributed by atoms with Crippen molar-refractivity contribution in [3.8, 4) is 5.75 Å². The smallest absolute Gasteiger partial charge is 0.252 e. The molecule has 3 aromatic heterocycles. The van der Waals surface area contributed by atoms with Gasteiger partial charge in [0.2, 0.25) is 0 Å². The van der Waals surface area contributed by atoms with Crippen LogP contribution in [0.2, 0.25) is 0 Å². The maximum Gasteiger partial charge on any atom is 0.252 e. The van der Waals surface area contributed by atoms with Crippen molar-refractivity contribution >= 4 is 10.9 Å². The van der Waals surface area contributed by atoms with Gasteiger partial charge in [-0.05, 0) is 66.1 Å². The number of pyridine rings is 1. The molecule has 1 fully saturated rings. The molecule has 10 nitrogen and oxygen atoms in total. The summed E-state index contributed by atoms with van der Waals surface area (Å²) < 4.78 is 18.6. The fraction of sp³-hybridized carbons (Fsp3) is 0.440. The number of hydrogen-bond acceptors (Lipinski definition) is 8. The molecule has 1 aliphatic rings. The summed E-state index contributed by atoms with van der Waals surface area (Å²) >= 11 is 0. The lowest BCUT2D eigenvalue weighted by molar-refractivity contribution is 0.0488. The van der Waals surface area contributed by atoms with Crippen LogP contribution in [0.3, 0.4) is 0 Å². The molecule has 184 valence electrons. The summed E-state index contributed by atoms with van der Waals surface area (Å²) in [6, 6.07) is 11.2. The average molecular weight is 479 g/mol. The normalized spacial score (nSPS) is 16.8. The molecule has 35 heavy (non-hydrogen) atoms. The molecule has 1 saturated heterocycles. The van der Waals surface area contributed by atoms with E-state index in [2.05, 4.69) is 32.3 Å². The molecule has 0 radical (unpaired) electrons. The number of rotatable bonds is 10. The Morgan fingerprint density at radius 3 is 2.97 bits per heavy atom. The number of tetrazole rings is 1. The largest absolute Gasteiger partial charge is 0.497 e. The molecule has 0 aliphatic carbocycles. The van der Waals surface area contributed by atoms with Gasteiger partial charge in [0.1, 0.15) is 18.1 Å². The van der Waals surface area contributed by atoms with Crippen LogP contribution in [0.5, 0.6) is 5.75 Å². The lowest BCUT2D eigenvalue weighted by Crippen LogP contribution is -2.37. The molecule has 4 aromatic rings. The first-order chi connectivity index (χ1) is 17.1. The van der Waals surface area contributed by atoms with Crippen molar-refractivity contribution in [1.29, 1.82) is 0 Å². The number of furan rings is 1. The van der Waals surface area contributed by atoms with Crippen LogP contribution in [-0.2, 0) is 17.8 Å². The first kappa shape index (κ1) is 23.3. The molecule has 1 N–H and O–H groups in total. The van der Waals surface area contributed by atoms with Gasteiger partial charge in [0.05, 0.1) is 25.5 Å². The van der Waals surface area contributed by atoms with Crippen molar-refractivity contribution < 1.29 is 13.9 Å². The fourth-order valence-electron chi connectivity index (χ4n) is 4.76. The number of aromatic amines is 1. The van der Waals surface area contributed by atoms with Crippen molar-refractivity contribution in [1.82, 2.24) is 30.1 Å². The number of H-pyrrole nitrogens is 1. The van der Waals surface area contributed by atoms with Crippen LogP contribution in [0.15, 0.2) is 51.9 Å². The van der Waals surface area contributed by atoms with Crippen LogP contribution in [0.1, 0.15) is 49.4 Å². The lowest BCUT2D eigenvalue weighted by atomic mass is 10.1. The second-order valence-electron chi connectivity index (χ2n) is 8.84. The summed E-state index contributed by atoms with van der Waals surface area (Å²) in [7, 11) is 1.63. The Labute approximate surface area is 202 Å². The zero-order valence-electron chi connectivity index (χ0n) is 20.0. The highest BCUT2D eigenvalue weighted by Crippen LogP contribution is 2.27. The van der Waals surface area contributed by atoms with Crippen LogP contribution in [0, 0.1) is 0 Å². The third kappa shape index (κ3) is 5.13. The van der Waals surface area contributed by atoms with Crippen LogP contribution in [-0.4, -0.2) is 56.5 Å². The molecular weight excluding hydrogens is 448 g/mol. The molecule has 10 heteroatoms. The minimum absolute atomic E-state index is 0.106. The monoisotopic (exact) mass is 478 g/mol. The number of nitrogens with zero attached hydrogens (tertiary/aromatic N) is 5. The van der Waals surface area contributed by atoms with Crippen LogP contribution in [0.4, 0.5) is 0 Å². The van der Waals surface area contributed by atoms with Gasteiger partial charge in [-0.15, -0.1) is 5.10 Å². The van der Waals surface area contributed by atoms with Crippen molar-refractivity contribution in [3.05, 3.63) is 70.2 Å². The van der Waals surface area contributed by atoms with Gasteiger partial charge in [0, 0.05) is 36.2 Å². The zero-order chi connectivity index (χ0) is 24.2. The van der Waals surface area contributed by atoms with Gasteiger partial charge in [-0.1, -0.05) is 6.92 Å². The Morgan fingerprint density at radius 2 is 2.23 bits per heavy atom. The predicted molar refractivity (Wildman–Crippen MR) is 129 cm³/mol. The quantitative estimate of drug-likeness (QED) is 0.370. The van der Waals surface area contributed by atoms with Gasteiger partial charge < -0.3 is 18.9 Å². The zero-order valence-corrected chi connectivity index (χ0v) is 20.0. The number of aromatic nitrogens is 5. The van der Waals surface area contributed by atoms with E-state index in [9.17, 15) is 4.79 Å². The lowest BCUT2D eigenvalue weighted by Gasteiger charge is -2.32. The molecular formula is C25H30N6O4. The molecule has 2 atom stereocenters. The van der Waals surface area contributed by atoms with Gasteiger partial charge >= 0.3 is 0 Å². The van der Waals surface area contributed by atoms with E-state index < -0.39 is 0 Å². The second-order valence-corrected chi connectivity index (χ2v) is 8.84. The van der Waals surface area contributed by atoms with E-state index in [-0.39, 0.29) is 17.7 Å². The maximum absolute atomic E-state index is 13.0. The number of nitrogens with one attached hydrogen (secondary N) is 1. The third-order valence-corrected chi connectivity index (χ3v) is 6.53. The van der Waals surface area contributed by atoms with Crippen molar-refractivity contribution in [2.45, 2.75) is 51.4 Å². The van der Waals surface area contributed by atoms with E-state index in [1.165, 1.54) is 0 Å². The standard InChI is InChI=1S/C25H30N6O4/c1-3-23(24-27-28-29-31(24)16-21-7-5-11-35-21)30(15-20-6-4-10-34-20)14-18-12-17-13-19(33-2)8-9-22(17)26-25(18)32/h5,7-9,11-13,20,23H,3-4,6,10,14-16H2,1-2H3,(H,26,32)/t20-,23-/m1/s1. The van der Waals surface area contributed by atoms with E-state index >= 15 is 0 Å². The Bertz CT molecular complexity index is 1310. The minimum Gasteiger partial charge on any atom is -0.497 e. The Balaban J connectivity index is 1.48. The van der Waals surface area contributed by atoms with Gasteiger partial charge in [-0.25, -0.2) is 4.68 Å². The van der Waals surface area contributed by atoms with Crippen LogP contribution in [0.25, 0.3) is 10.9 Å². The number of fused-ring (bicyclic) bond motifs is 1. The van der Waals surface area contributed by atoms with E-state index in [0.29, 0.717) is 25.2 Å². The van der Waals surface area contributed by atoms with Gasteiger partial charge in [0.25, 0.3) is 5.56 Å². The highest BCUT2D eigenvalue weighted by molar-refractivity contribution is 5.80. The topological polar surface area (TPSA) is 111 Å². The SMILES string of the molecule is CC[C@H](c1nnnn1Cc1ccco1)N(Cc1cc2cc(OC)ccc2[nH]c1=O)C[C@H]1CCCO1. The van der Waals surface area contributed by atoms with Gasteiger partial charge in [0.15, 0.2) is 5.82 Å². The van der Waals surface area contributed by atoms with Gasteiger partial charge in [-0.2, -0.15) is 0 Å². The average Bonchev–Trinajstić information content (AvgIpc) is 3.65. The molecule has 4 heterocycles. The van der Waals surface area contributed by atoms with E-state index in [1.54, 1.807) is 18.1 Å².